The van der Waals surface area contributed by atoms with Gasteiger partial charge >= 0.3 is 6.92 Å². The summed E-state index contributed by atoms with van der Waals surface area (Å²) in [4.78, 5) is 0. The summed E-state index contributed by atoms with van der Waals surface area (Å²) in [5.74, 6) is 0. The van der Waals surface area contributed by atoms with Crippen molar-refractivity contribution in [2.75, 3.05) is 6.61 Å². The van der Waals surface area contributed by atoms with E-state index in [4.69, 9.17) is 4.65 Å². The van der Waals surface area contributed by atoms with Crippen molar-refractivity contribution < 1.29 is 4.65 Å². The van der Waals surface area contributed by atoms with Crippen LogP contribution in [0.5, 0.6) is 0 Å². The van der Waals surface area contributed by atoms with Crippen LogP contribution >= 0.6 is 0 Å². The predicted molar refractivity (Wildman–Crippen MR) is 97.0 cm³/mol. The van der Waals surface area contributed by atoms with Crippen LogP contribution in [0.1, 0.15) is 19.3 Å². The van der Waals surface area contributed by atoms with Gasteiger partial charge in [0.25, 0.3) is 0 Å². The largest absolute Gasteiger partial charge is 0.423 e. The van der Waals surface area contributed by atoms with Gasteiger partial charge in [-0.1, -0.05) is 78.9 Å². The third-order valence-corrected chi connectivity index (χ3v) is 3.51. The van der Waals surface area contributed by atoms with Crippen molar-refractivity contribution >= 4 is 17.8 Å². The quantitative estimate of drug-likeness (QED) is 0.388. The van der Waals surface area contributed by atoms with E-state index in [9.17, 15) is 0 Å². The monoisotopic (exact) mass is 290 g/mol. The number of rotatable bonds is 9. The standard InChI is InChI=1S/C20H23BO/c1-2-3-4-5-6-13-18-22-21(19-14-9-7-10-15-19)20-16-11-8-12-17-20/h2,6-17H,1,3-5,18H2. The summed E-state index contributed by atoms with van der Waals surface area (Å²) >= 11 is 0. The Morgan fingerprint density at radius 1 is 0.818 bits per heavy atom. The lowest BCUT2D eigenvalue weighted by Crippen LogP contribution is -2.44. The van der Waals surface area contributed by atoms with Crippen molar-refractivity contribution in [2.45, 2.75) is 19.3 Å². The van der Waals surface area contributed by atoms with Crippen molar-refractivity contribution in [1.29, 1.82) is 0 Å². The first kappa shape index (κ1) is 16.3. The van der Waals surface area contributed by atoms with E-state index in [2.05, 4.69) is 67.3 Å². The lowest BCUT2D eigenvalue weighted by molar-refractivity contribution is 0.382. The third-order valence-electron chi connectivity index (χ3n) is 3.51. The Morgan fingerprint density at radius 2 is 1.41 bits per heavy atom. The van der Waals surface area contributed by atoms with Gasteiger partial charge < -0.3 is 4.65 Å². The Bertz CT molecular complexity index is 523. The first-order valence-electron chi connectivity index (χ1n) is 7.89. The zero-order chi connectivity index (χ0) is 15.5. The fourth-order valence-electron chi connectivity index (χ4n) is 2.36. The topological polar surface area (TPSA) is 9.23 Å². The second kappa shape index (κ2) is 9.80. The van der Waals surface area contributed by atoms with Gasteiger partial charge in [0.1, 0.15) is 0 Å². The molecule has 0 aliphatic heterocycles. The maximum Gasteiger partial charge on any atom is 0.361 e. The predicted octanol–water partition coefficient (Wildman–Crippen LogP) is 3.72. The fourth-order valence-corrected chi connectivity index (χ4v) is 2.36. The Kier molecular flexibility index (Phi) is 7.27. The molecule has 0 spiro atoms. The van der Waals surface area contributed by atoms with Crippen molar-refractivity contribution in [3.8, 4) is 0 Å². The van der Waals surface area contributed by atoms with Crippen molar-refractivity contribution in [3.63, 3.8) is 0 Å². The van der Waals surface area contributed by atoms with Gasteiger partial charge in [-0.25, -0.2) is 0 Å². The molecule has 0 aliphatic rings. The van der Waals surface area contributed by atoms with Gasteiger partial charge in [0, 0.05) is 6.61 Å². The minimum Gasteiger partial charge on any atom is -0.423 e. The van der Waals surface area contributed by atoms with Gasteiger partial charge in [-0.05, 0) is 30.2 Å². The number of allylic oxidation sites excluding steroid dienone is 2. The highest BCUT2D eigenvalue weighted by Crippen LogP contribution is 1.98. The van der Waals surface area contributed by atoms with Gasteiger partial charge in [-0.3, -0.25) is 0 Å². The average Bonchev–Trinajstić information content (AvgIpc) is 2.59. The highest BCUT2D eigenvalue weighted by atomic mass is 16.4. The van der Waals surface area contributed by atoms with Crippen LogP contribution in [0.25, 0.3) is 0 Å². The molecule has 2 aromatic carbocycles. The molecule has 0 aromatic heterocycles. The van der Waals surface area contributed by atoms with Crippen LogP contribution < -0.4 is 10.9 Å². The van der Waals surface area contributed by atoms with Crippen LogP contribution in [0.3, 0.4) is 0 Å². The fraction of sp³-hybridized carbons (Fsp3) is 0.200. The van der Waals surface area contributed by atoms with Crippen molar-refractivity contribution in [1.82, 2.24) is 0 Å². The molecule has 1 nitrogen and oxygen atoms in total. The van der Waals surface area contributed by atoms with Crippen molar-refractivity contribution in [3.05, 3.63) is 85.5 Å². The highest BCUT2D eigenvalue weighted by molar-refractivity contribution is 6.80. The normalized spacial score (nSPS) is 10.7. The van der Waals surface area contributed by atoms with Crippen molar-refractivity contribution in [2.24, 2.45) is 0 Å². The molecule has 0 saturated carbocycles. The first-order chi connectivity index (χ1) is 10.9. The molecule has 112 valence electrons. The summed E-state index contributed by atoms with van der Waals surface area (Å²) in [5.41, 5.74) is 2.38. The van der Waals surface area contributed by atoms with Gasteiger partial charge in [-0.2, -0.15) is 0 Å². The summed E-state index contributed by atoms with van der Waals surface area (Å²) in [6.07, 6.45) is 9.57. The number of hydrogen-bond donors (Lipinski definition) is 0. The summed E-state index contributed by atoms with van der Waals surface area (Å²) in [7, 11) is 0. The van der Waals surface area contributed by atoms with Crippen LogP contribution in [-0.4, -0.2) is 13.5 Å². The number of benzene rings is 2. The molecule has 0 atom stereocenters. The van der Waals surface area contributed by atoms with E-state index in [0.717, 1.165) is 19.3 Å². The Hall–Kier alpha value is -2.06. The molecule has 0 saturated heterocycles. The summed E-state index contributed by atoms with van der Waals surface area (Å²) < 4.78 is 6.11. The minimum atomic E-state index is -0.0137. The molecule has 0 bridgehead atoms. The first-order valence-corrected chi connectivity index (χ1v) is 7.89. The molecule has 22 heavy (non-hydrogen) atoms. The van der Waals surface area contributed by atoms with Gasteiger partial charge in [0.2, 0.25) is 0 Å². The summed E-state index contributed by atoms with van der Waals surface area (Å²) in [6.45, 7) is 4.35. The van der Waals surface area contributed by atoms with Crippen LogP contribution in [0.15, 0.2) is 85.5 Å². The van der Waals surface area contributed by atoms with Gasteiger partial charge in [0.05, 0.1) is 0 Å². The zero-order valence-electron chi connectivity index (χ0n) is 13.0. The van der Waals surface area contributed by atoms with Crippen LogP contribution in [0.4, 0.5) is 0 Å². The van der Waals surface area contributed by atoms with E-state index in [1.165, 1.54) is 10.9 Å². The number of unbranched alkanes of at least 4 members (excludes halogenated alkanes) is 2. The second-order valence-corrected chi connectivity index (χ2v) is 5.23. The average molecular weight is 290 g/mol. The van der Waals surface area contributed by atoms with E-state index in [-0.39, 0.29) is 6.92 Å². The van der Waals surface area contributed by atoms with E-state index in [0.29, 0.717) is 6.61 Å². The Balaban J connectivity index is 1.96. The molecular formula is C20H23BO. The molecule has 0 aliphatic carbocycles. The summed E-state index contributed by atoms with van der Waals surface area (Å²) in [5, 5.41) is 0. The Labute approximate surface area is 134 Å². The van der Waals surface area contributed by atoms with E-state index in [1.807, 2.05) is 18.2 Å². The molecule has 2 heteroatoms. The molecule has 0 fully saturated rings. The highest BCUT2D eigenvalue weighted by Gasteiger charge is 2.19. The van der Waals surface area contributed by atoms with Gasteiger partial charge in [-0.15, -0.1) is 6.58 Å². The SMILES string of the molecule is C=CCCCC=CCOB(c1ccccc1)c1ccccc1. The zero-order valence-corrected chi connectivity index (χ0v) is 13.0. The molecule has 0 radical (unpaired) electrons. The lowest BCUT2D eigenvalue weighted by atomic mass is 9.55. The molecule has 2 aromatic rings. The van der Waals surface area contributed by atoms with E-state index < -0.39 is 0 Å². The maximum atomic E-state index is 6.11. The minimum absolute atomic E-state index is 0.0137. The molecule has 0 amide bonds. The second-order valence-electron chi connectivity index (χ2n) is 5.23. The molecule has 0 heterocycles. The molecule has 0 N–H and O–H groups in total. The van der Waals surface area contributed by atoms with E-state index in [1.54, 1.807) is 0 Å². The summed E-state index contributed by atoms with van der Waals surface area (Å²) in [6, 6.07) is 20.8. The van der Waals surface area contributed by atoms with Crippen LogP contribution in [0.2, 0.25) is 0 Å². The van der Waals surface area contributed by atoms with Gasteiger partial charge in [0.15, 0.2) is 0 Å². The van der Waals surface area contributed by atoms with Crippen LogP contribution in [0, 0.1) is 0 Å². The van der Waals surface area contributed by atoms with E-state index >= 15 is 0 Å². The molecular weight excluding hydrogens is 267 g/mol. The smallest absolute Gasteiger partial charge is 0.361 e. The lowest BCUT2D eigenvalue weighted by Gasteiger charge is -2.14. The number of hydrogen-bond acceptors (Lipinski definition) is 1. The maximum absolute atomic E-state index is 6.11. The third kappa shape index (κ3) is 5.38. The molecule has 0 unspecified atom stereocenters. The van der Waals surface area contributed by atoms with Crippen LogP contribution in [-0.2, 0) is 4.65 Å². The molecule has 2 rings (SSSR count). The Morgan fingerprint density at radius 3 is 1.95 bits per heavy atom.